The number of aryl methyl sites for hydroxylation is 1. The van der Waals surface area contributed by atoms with Crippen molar-refractivity contribution >= 4 is 5.91 Å². The van der Waals surface area contributed by atoms with E-state index in [0.717, 1.165) is 31.4 Å². The van der Waals surface area contributed by atoms with Crippen molar-refractivity contribution in [3.05, 3.63) is 101 Å². The molecule has 3 aliphatic carbocycles. The van der Waals surface area contributed by atoms with Gasteiger partial charge in [-0.25, -0.2) is 0 Å². The summed E-state index contributed by atoms with van der Waals surface area (Å²) in [6.07, 6.45) is 7.64. The standard InChI is InChI=1S/C37H45NO3/c1-3-38-35(39)21-15-29-23-37(2)33(19-20-34(37)41-25-27-12-8-5-9-13-27)32-17-14-28-22-30(16-18-31(28)36(29)32)40-24-26-10-6-4-7-11-26/h4-13,16,18,22,29,32-34,36H,3,14-15,17,19-21,23-25H2,1-2H3,(H,38,39)/t29-,32-,33-,34?,36+,37-/m0/s1. The molecule has 0 aromatic heterocycles. The molecule has 1 unspecified atom stereocenters. The lowest BCUT2D eigenvalue weighted by atomic mass is 9.51. The lowest BCUT2D eigenvalue weighted by Gasteiger charge is -2.54. The Morgan fingerprint density at radius 1 is 0.927 bits per heavy atom. The first-order chi connectivity index (χ1) is 20.0. The van der Waals surface area contributed by atoms with Gasteiger partial charge in [-0.15, -0.1) is 0 Å². The van der Waals surface area contributed by atoms with Crippen LogP contribution < -0.4 is 10.1 Å². The largest absolute Gasteiger partial charge is 0.489 e. The minimum absolute atomic E-state index is 0.151. The Kier molecular flexibility index (Phi) is 8.48. The molecule has 1 amide bonds. The molecule has 0 spiro atoms. The maximum Gasteiger partial charge on any atom is 0.219 e. The summed E-state index contributed by atoms with van der Waals surface area (Å²) >= 11 is 0. The number of ether oxygens (including phenoxy) is 2. The zero-order valence-electron chi connectivity index (χ0n) is 24.7. The van der Waals surface area contributed by atoms with Crippen molar-refractivity contribution < 1.29 is 14.3 Å². The molecule has 0 heterocycles. The summed E-state index contributed by atoms with van der Waals surface area (Å²) in [4.78, 5) is 12.6. The van der Waals surface area contributed by atoms with Crippen molar-refractivity contribution in [2.75, 3.05) is 6.54 Å². The molecular formula is C37H45NO3. The summed E-state index contributed by atoms with van der Waals surface area (Å²) in [5.74, 6) is 3.42. The smallest absolute Gasteiger partial charge is 0.219 e. The van der Waals surface area contributed by atoms with Gasteiger partial charge < -0.3 is 14.8 Å². The Morgan fingerprint density at radius 2 is 1.66 bits per heavy atom. The summed E-state index contributed by atoms with van der Waals surface area (Å²) in [5, 5.41) is 3.03. The van der Waals surface area contributed by atoms with Gasteiger partial charge in [0.2, 0.25) is 5.91 Å². The fourth-order valence-corrected chi connectivity index (χ4v) is 8.58. The number of fused-ring (bicyclic) bond motifs is 5. The van der Waals surface area contributed by atoms with Crippen molar-refractivity contribution in [3.63, 3.8) is 0 Å². The van der Waals surface area contributed by atoms with Gasteiger partial charge in [0, 0.05) is 13.0 Å². The predicted octanol–water partition coefficient (Wildman–Crippen LogP) is 7.85. The molecule has 3 aromatic carbocycles. The van der Waals surface area contributed by atoms with E-state index in [-0.39, 0.29) is 17.4 Å². The van der Waals surface area contributed by atoms with Crippen molar-refractivity contribution in [2.45, 2.75) is 84.0 Å². The first kappa shape index (κ1) is 28.0. The van der Waals surface area contributed by atoms with Gasteiger partial charge in [0.25, 0.3) is 0 Å². The van der Waals surface area contributed by atoms with Gasteiger partial charge in [0.1, 0.15) is 12.4 Å². The van der Waals surface area contributed by atoms with Gasteiger partial charge in [0.05, 0.1) is 12.7 Å². The molecule has 1 N–H and O–H groups in total. The molecule has 2 saturated carbocycles. The summed E-state index contributed by atoms with van der Waals surface area (Å²) in [6, 6.07) is 27.8. The maximum atomic E-state index is 12.6. The third-order valence-corrected chi connectivity index (χ3v) is 10.4. The molecule has 41 heavy (non-hydrogen) atoms. The topological polar surface area (TPSA) is 47.6 Å². The van der Waals surface area contributed by atoms with Crippen molar-refractivity contribution in [2.24, 2.45) is 23.2 Å². The maximum absolute atomic E-state index is 12.6. The van der Waals surface area contributed by atoms with Crippen molar-refractivity contribution in [1.29, 1.82) is 0 Å². The van der Waals surface area contributed by atoms with Gasteiger partial charge in [-0.3, -0.25) is 4.79 Å². The molecule has 2 fully saturated rings. The van der Waals surface area contributed by atoms with E-state index in [1.807, 2.05) is 13.0 Å². The van der Waals surface area contributed by atoms with Crippen LogP contribution in [0.3, 0.4) is 0 Å². The number of hydrogen-bond donors (Lipinski definition) is 1. The quantitative estimate of drug-likeness (QED) is 0.279. The summed E-state index contributed by atoms with van der Waals surface area (Å²) in [7, 11) is 0. The van der Waals surface area contributed by atoms with E-state index in [9.17, 15) is 4.79 Å². The molecule has 3 aliphatic rings. The first-order valence-electron chi connectivity index (χ1n) is 15.8. The lowest BCUT2D eigenvalue weighted by molar-refractivity contribution is -0.122. The SMILES string of the molecule is CCNC(=O)CC[C@H]1C[C@]2(C)C(OCc3ccccc3)CC[C@H]2[C@@H]2CCc3cc(OCc4ccccc4)ccc3[C@@H]12. The molecule has 3 aromatic rings. The average Bonchev–Trinajstić information content (AvgIpc) is 3.34. The Labute approximate surface area is 245 Å². The zero-order chi connectivity index (χ0) is 28.2. The second-order valence-corrected chi connectivity index (χ2v) is 12.8. The van der Waals surface area contributed by atoms with Crippen LogP contribution in [0.4, 0.5) is 0 Å². The summed E-state index contributed by atoms with van der Waals surface area (Å²) < 4.78 is 12.9. The van der Waals surface area contributed by atoms with Crippen molar-refractivity contribution in [3.8, 4) is 5.75 Å². The molecule has 6 rings (SSSR count). The van der Waals surface area contributed by atoms with E-state index in [4.69, 9.17) is 9.47 Å². The minimum atomic E-state index is 0.151. The number of hydrogen-bond acceptors (Lipinski definition) is 3. The Hall–Kier alpha value is -3.11. The van der Waals surface area contributed by atoms with E-state index >= 15 is 0 Å². The molecule has 216 valence electrons. The van der Waals surface area contributed by atoms with Crippen LogP contribution in [0.2, 0.25) is 0 Å². The van der Waals surface area contributed by atoms with E-state index in [0.29, 0.717) is 49.9 Å². The molecule has 4 nitrogen and oxygen atoms in total. The number of nitrogens with one attached hydrogen (secondary N) is 1. The highest BCUT2D eigenvalue weighted by Crippen LogP contribution is 2.64. The Bertz CT molecular complexity index is 1310. The number of carbonyl (C=O) groups is 1. The van der Waals surface area contributed by atoms with E-state index in [2.05, 4.69) is 85.0 Å². The predicted molar refractivity (Wildman–Crippen MR) is 164 cm³/mol. The average molecular weight is 552 g/mol. The number of rotatable bonds is 10. The molecule has 0 bridgehead atoms. The minimum Gasteiger partial charge on any atom is -0.489 e. The van der Waals surface area contributed by atoms with Gasteiger partial charge in [-0.2, -0.15) is 0 Å². The van der Waals surface area contributed by atoms with Crippen LogP contribution in [-0.2, 0) is 29.2 Å². The van der Waals surface area contributed by atoms with Crippen LogP contribution in [0, 0.1) is 23.2 Å². The highest BCUT2D eigenvalue weighted by molar-refractivity contribution is 5.75. The van der Waals surface area contributed by atoms with E-state index < -0.39 is 0 Å². The van der Waals surface area contributed by atoms with Gasteiger partial charge in [-0.1, -0.05) is 73.7 Å². The first-order valence-corrected chi connectivity index (χ1v) is 15.8. The summed E-state index contributed by atoms with van der Waals surface area (Å²) in [5.41, 5.74) is 5.53. The van der Waals surface area contributed by atoms with E-state index in [1.54, 1.807) is 0 Å². The normalized spacial score (nSPS) is 28.3. The molecular weight excluding hydrogens is 506 g/mol. The second kappa shape index (κ2) is 12.4. The third kappa shape index (κ3) is 5.95. The van der Waals surface area contributed by atoms with Gasteiger partial charge in [-0.05, 0) is 109 Å². The molecule has 0 saturated heterocycles. The fraction of sp³-hybridized carbons (Fsp3) is 0.486. The van der Waals surface area contributed by atoms with Crippen LogP contribution in [-0.4, -0.2) is 18.6 Å². The molecule has 4 heteroatoms. The monoisotopic (exact) mass is 551 g/mol. The van der Waals surface area contributed by atoms with Crippen LogP contribution >= 0.6 is 0 Å². The van der Waals surface area contributed by atoms with Crippen LogP contribution in [0.25, 0.3) is 0 Å². The molecule has 6 atom stereocenters. The second-order valence-electron chi connectivity index (χ2n) is 12.8. The van der Waals surface area contributed by atoms with Gasteiger partial charge >= 0.3 is 0 Å². The highest BCUT2D eigenvalue weighted by Gasteiger charge is 2.58. The number of benzene rings is 3. The molecule has 0 radical (unpaired) electrons. The fourth-order valence-electron chi connectivity index (χ4n) is 8.58. The van der Waals surface area contributed by atoms with E-state index in [1.165, 1.54) is 35.1 Å². The zero-order valence-corrected chi connectivity index (χ0v) is 24.7. The van der Waals surface area contributed by atoms with Crippen LogP contribution in [0.5, 0.6) is 5.75 Å². The molecule has 0 aliphatic heterocycles. The van der Waals surface area contributed by atoms with Crippen LogP contribution in [0.1, 0.15) is 80.5 Å². The Morgan fingerprint density at radius 3 is 2.39 bits per heavy atom. The summed E-state index contributed by atoms with van der Waals surface area (Å²) in [6.45, 7) is 6.47. The van der Waals surface area contributed by atoms with Crippen LogP contribution in [0.15, 0.2) is 78.9 Å². The van der Waals surface area contributed by atoms with Crippen molar-refractivity contribution in [1.82, 2.24) is 5.32 Å². The third-order valence-electron chi connectivity index (χ3n) is 10.4. The Balaban J connectivity index is 1.23. The number of carbonyl (C=O) groups excluding carboxylic acids is 1. The highest BCUT2D eigenvalue weighted by atomic mass is 16.5. The van der Waals surface area contributed by atoms with Gasteiger partial charge in [0.15, 0.2) is 0 Å². The lowest BCUT2D eigenvalue weighted by Crippen LogP contribution is -2.48. The number of amides is 1.